The molecule has 0 aliphatic carbocycles. The Morgan fingerprint density at radius 3 is 2.94 bits per heavy atom. The van der Waals surface area contributed by atoms with Gasteiger partial charge in [0.25, 0.3) is 0 Å². The first-order chi connectivity index (χ1) is 7.63. The van der Waals surface area contributed by atoms with Crippen LogP contribution in [0.3, 0.4) is 0 Å². The summed E-state index contributed by atoms with van der Waals surface area (Å²) in [6.45, 7) is 0.00591. The highest BCUT2D eigenvalue weighted by molar-refractivity contribution is 6.30. The van der Waals surface area contributed by atoms with Crippen LogP contribution in [-0.2, 0) is 16.1 Å². The first-order valence-corrected chi connectivity index (χ1v) is 5.29. The molecule has 3 N–H and O–H groups in total. The summed E-state index contributed by atoms with van der Waals surface area (Å²) in [5, 5.41) is 9.19. The van der Waals surface area contributed by atoms with E-state index in [0.29, 0.717) is 5.02 Å². The molecular weight excluding hydrogens is 230 g/mol. The van der Waals surface area contributed by atoms with Crippen molar-refractivity contribution in [2.45, 2.75) is 19.1 Å². The lowest BCUT2D eigenvalue weighted by molar-refractivity contribution is -0.146. The number of hydrogen-bond acceptors (Lipinski definition) is 4. The van der Waals surface area contributed by atoms with Gasteiger partial charge < -0.3 is 15.6 Å². The monoisotopic (exact) mass is 243 g/mol. The van der Waals surface area contributed by atoms with Gasteiger partial charge >= 0.3 is 5.97 Å². The normalized spacial score (nSPS) is 12.2. The molecule has 0 radical (unpaired) electrons. The molecule has 0 unspecified atom stereocenters. The van der Waals surface area contributed by atoms with Crippen molar-refractivity contribution in [3.63, 3.8) is 0 Å². The SMILES string of the molecule is N[C@H](CCO)C(=O)OCc1cccc(Cl)c1. The van der Waals surface area contributed by atoms with Crippen molar-refractivity contribution in [2.24, 2.45) is 5.73 Å². The number of ether oxygens (including phenoxy) is 1. The van der Waals surface area contributed by atoms with Gasteiger partial charge in [-0.3, -0.25) is 4.79 Å². The molecule has 0 heterocycles. The number of hydrogen-bond donors (Lipinski definition) is 2. The highest BCUT2D eigenvalue weighted by Crippen LogP contribution is 2.11. The van der Waals surface area contributed by atoms with Crippen molar-refractivity contribution in [1.29, 1.82) is 0 Å². The number of esters is 1. The van der Waals surface area contributed by atoms with E-state index < -0.39 is 12.0 Å². The fourth-order valence-electron chi connectivity index (χ4n) is 1.15. The average Bonchev–Trinajstić information content (AvgIpc) is 2.26. The Balaban J connectivity index is 2.42. The molecule has 0 bridgehead atoms. The molecule has 0 saturated heterocycles. The van der Waals surface area contributed by atoms with Crippen molar-refractivity contribution in [2.75, 3.05) is 6.61 Å². The molecule has 1 aromatic rings. The molecule has 0 aliphatic rings. The molecule has 0 spiro atoms. The second-order valence-corrected chi connectivity index (χ2v) is 3.79. The van der Waals surface area contributed by atoms with Gasteiger partial charge in [0.15, 0.2) is 0 Å². The minimum absolute atomic E-state index is 0.132. The third kappa shape index (κ3) is 4.18. The van der Waals surface area contributed by atoms with Crippen molar-refractivity contribution in [3.8, 4) is 0 Å². The number of halogens is 1. The highest BCUT2D eigenvalue weighted by atomic mass is 35.5. The highest BCUT2D eigenvalue weighted by Gasteiger charge is 2.13. The average molecular weight is 244 g/mol. The molecule has 0 saturated carbocycles. The minimum Gasteiger partial charge on any atom is -0.460 e. The Hall–Kier alpha value is -1.10. The van der Waals surface area contributed by atoms with Crippen LogP contribution in [0.5, 0.6) is 0 Å². The quantitative estimate of drug-likeness (QED) is 0.760. The Kier molecular flexibility index (Phi) is 5.25. The van der Waals surface area contributed by atoms with E-state index in [1.165, 1.54) is 0 Å². The lowest BCUT2D eigenvalue weighted by Gasteiger charge is -2.10. The largest absolute Gasteiger partial charge is 0.460 e. The molecule has 1 rings (SSSR count). The van der Waals surface area contributed by atoms with Gasteiger partial charge in [0.2, 0.25) is 0 Å². The lowest BCUT2D eigenvalue weighted by Crippen LogP contribution is -2.33. The van der Waals surface area contributed by atoms with Gasteiger partial charge in [-0.2, -0.15) is 0 Å². The molecule has 1 atom stereocenters. The summed E-state index contributed by atoms with van der Waals surface area (Å²) in [6.07, 6.45) is 0.203. The van der Waals surface area contributed by atoms with E-state index in [4.69, 9.17) is 27.2 Å². The van der Waals surface area contributed by atoms with Crippen LogP contribution in [0.25, 0.3) is 0 Å². The Morgan fingerprint density at radius 2 is 2.31 bits per heavy atom. The Bertz CT molecular complexity index is 357. The van der Waals surface area contributed by atoms with Crippen molar-refractivity contribution < 1.29 is 14.6 Å². The van der Waals surface area contributed by atoms with E-state index in [1.807, 2.05) is 0 Å². The zero-order valence-corrected chi connectivity index (χ0v) is 9.48. The number of aliphatic hydroxyl groups excluding tert-OH is 1. The number of carbonyl (C=O) groups is 1. The summed E-state index contributed by atoms with van der Waals surface area (Å²) in [5.41, 5.74) is 6.26. The van der Waals surface area contributed by atoms with Crippen LogP contribution in [0.1, 0.15) is 12.0 Å². The predicted octanol–water partition coefficient (Wildman–Crippen LogP) is 1.09. The second kappa shape index (κ2) is 6.48. The number of rotatable bonds is 5. The number of carbonyl (C=O) groups excluding carboxylic acids is 1. The number of aliphatic hydroxyl groups is 1. The molecule has 1 aromatic carbocycles. The predicted molar refractivity (Wildman–Crippen MR) is 60.9 cm³/mol. The van der Waals surface area contributed by atoms with E-state index in [0.717, 1.165) is 5.56 Å². The fourth-order valence-corrected chi connectivity index (χ4v) is 1.36. The maximum Gasteiger partial charge on any atom is 0.323 e. The third-order valence-electron chi connectivity index (χ3n) is 2.01. The van der Waals surface area contributed by atoms with E-state index in [1.54, 1.807) is 24.3 Å². The Labute approximate surface area is 99.0 Å². The fraction of sp³-hybridized carbons (Fsp3) is 0.364. The van der Waals surface area contributed by atoms with Gasteiger partial charge in [0.05, 0.1) is 0 Å². The summed E-state index contributed by atoms with van der Waals surface area (Å²) in [4.78, 5) is 11.3. The first kappa shape index (κ1) is 13.0. The van der Waals surface area contributed by atoms with Crippen LogP contribution in [0.4, 0.5) is 0 Å². The smallest absolute Gasteiger partial charge is 0.323 e. The van der Waals surface area contributed by atoms with Crippen molar-refractivity contribution >= 4 is 17.6 Å². The van der Waals surface area contributed by atoms with Crippen LogP contribution < -0.4 is 5.73 Å². The van der Waals surface area contributed by atoms with Crippen LogP contribution in [-0.4, -0.2) is 23.7 Å². The zero-order valence-electron chi connectivity index (χ0n) is 8.73. The van der Waals surface area contributed by atoms with Crippen molar-refractivity contribution in [3.05, 3.63) is 34.9 Å². The topological polar surface area (TPSA) is 72.5 Å². The van der Waals surface area contributed by atoms with Gasteiger partial charge in [0.1, 0.15) is 12.6 Å². The van der Waals surface area contributed by atoms with Gasteiger partial charge in [0, 0.05) is 11.6 Å². The molecule has 0 aromatic heterocycles. The molecular formula is C11H14ClNO3. The van der Waals surface area contributed by atoms with Crippen LogP contribution in [0.15, 0.2) is 24.3 Å². The van der Waals surface area contributed by atoms with Crippen molar-refractivity contribution in [1.82, 2.24) is 0 Å². The van der Waals surface area contributed by atoms with E-state index in [2.05, 4.69) is 0 Å². The number of benzene rings is 1. The second-order valence-electron chi connectivity index (χ2n) is 3.36. The summed E-state index contributed by atoms with van der Waals surface area (Å²) >= 11 is 5.77. The van der Waals surface area contributed by atoms with E-state index in [-0.39, 0.29) is 19.6 Å². The summed E-state index contributed by atoms with van der Waals surface area (Å²) in [7, 11) is 0. The molecule has 0 fully saturated rings. The van der Waals surface area contributed by atoms with Crippen LogP contribution in [0.2, 0.25) is 5.02 Å². The first-order valence-electron chi connectivity index (χ1n) is 4.91. The zero-order chi connectivity index (χ0) is 12.0. The standard InChI is InChI=1S/C11H14ClNO3/c12-9-3-1-2-8(6-9)7-16-11(15)10(13)4-5-14/h1-3,6,10,14H,4-5,7,13H2/t10-/m1/s1. The molecule has 16 heavy (non-hydrogen) atoms. The molecule has 0 amide bonds. The van der Waals surface area contributed by atoms with E-state index >= 15 is 0 Å². The summed E-state index contributed by atoms with van der Waals surface area (Å²) in [5.74, 6) is -0.519. The summed E-state index contributed by atoms with van der Waals surface area (Å²) in [6, 6.07) is 6.26. The maximum atomic E-state index is 11.3. The molecule has 88 valence electrons. The minimum atomic E-state index is -0.774. The third-order valence-corrected chi connectivity index (χ3v) is 2.25. The van der Waals surface area contributed by atoms with Crippen LogP contribution in [0, 0.1) is 0 Å². The van der Waals surface area contributed by atoms with Gasteiger partial charge in [-0.25, -0.2) is 0 Å². The van der Waals surface area contributed by atoms with Gasteiger partial charge in [-0.05, 0) is 24.1 Å². The lowest BCUT2D eigenvalue weighted by atomic mass is 10.2. The number of nitrogens with two attached hydrogens (primary N) is 1. The van der Waals surface area contributed by atoms with Gasteiger partial charge in [-0.15, -0.1) is 0 Å². The molecule has 0 aliphatic heterocycles. The maximum absolute atomic E-state index is 11.3. The molecule has 5 heteroatoms. The summed E-state index contributed by atoms with van der Waals surface area (Å²) < 4.78 is 4.96. The Morgan fingerprint density at radius 1 is 1.56 bits per heavy atom. The van der Waals surface area contributed by atoms with E-state index in [9.17, 15) is 4.79 Å². The van der Waals surface area contributed by atoms with Gasteiger partial charge in [-0.1, -0.05) is 23.7 Å². The van der Waals surface area contributed by atoms with Crippen LogP contribution >= 0.6 is 11.6 Å². The molecule has 4 nitrogen and oxygen atoms in total.